The largest absolute Gasteiger partial charge is 0.427 e. The van der Waals surface area contributed by atoms with Gasteiger partial charge in [0.15, 0.2) is 0 Å². The Morgan fingerprint density at radius 3 is 2.43 bits per heavy atom. The number of esters is 1. The molecule has 2 unspecified atom stereocenters. The number of hydrogen-bond donors (Lipinski definition) is 3. The van der Waals surface area contributed by atoms with Crippen molar-refractivity contribution in [2.24, 2.45) is 11.7 Å². The molecule has 1 aromatic carbocycles. The normalized spacial score (nSPS) is 16.0. The van der Waals surface area contributed by atoms with E-state index in [9.17, 15) is 9.36 Å². The second kappa shape index (κ2) is 7.18. The summed E-state index contributed by atoms with van der Waals surface area (Å²) in [6.07, 6.45) is 0.0758. The molecular weight excluding hydrogens is 293 g/mol. The first kappa shape index (κ1) is 17.9. The van der Waals surface area contributed by atoms with Gasteiger partial charge in [-0.1, -0.05) is 31.5 Å². The fourth-order valence-corrected chi connectivity index (χ4v) is 3.43. The number of ether oxygens (including phenoxy) is 1. The Morgan fingerprint density at radius 1 is 1.38 bits per heavy atom. The van der Waals surface area contributed by atoms with Crippen molar-refractivity contribution >= 4 is 13.6 Å². The van der Waals surface area contributed by atoms with Crippen LogP contribution in [0.5, 0.6) is 5.75 Å². The molecule has 0 amide bonds. The van der Waals surface area contributed by atoms with Gasteiger partial charge in [-0.25, -0.2) is 0 Å². The zero-order valence-corrected chi connectivity index (χ0v) is 13.1. The molecule has 0 aromatic heterocycles. The highest BCUT2D eigenvalue weighted by Crippen LogP contribution is 2.41. The maximum atomic E-state index is 11.9. The molecule has 21 heavy (non-hydrogen) atoms. The molecule has 1 rings (SSSR count). The maximum Gasteiger partial charge on any atom is 0.327 e. The lowest BCUT2D eigenvalue weighted by atomic mass is 9.83. The number of carbonyl (C=O) groups is 1. The van der Waals surface area contributed by atoms with Gasteiger partial charge in [0.1, 0.15) is 5.75 Å². The van der Waals surface area contributed by atoms with Crippen LogP contribution in [0, 0.1) is 5.92 Å². The molecular formula is C14H22NO5P. The van der Waals surface area contributed by atoms with E-state index in [-0.39, 0.29) is 12.3 Å². The van der Waals surface area contributed by atoms with Crippen molar-refractivity contribution in [3.8, 4) is 5.75 Å². The molecule has 4 N–H and O–H groups in total. The first-order chi connectivity index (χ1) is 9.64. The van der Waals surface area contributed by atoms with Crippen LogP contribution in [-0.2, 0) is 9.36 Å². The lowest BCUT2D eigenvalue weighted by Gasteiger charge is -2.33. The van der Waals surface area contributed by atoms with Crippen LogP contribution in [0.4, 0.5) is 0 Å². The van der Waals surface area contributed by atoms with Crippen LogP contribution in [0.1, 0.15) is 26.7 Å². The van der Waals surface area contributed by atoms with Gasteiger partial charge in [0.2, 0.25) is 0 Å². The molecule has 2 atom stereocenters. The topological polar surface area (TPSA) is 110 Å². The first-order valence-corrected chi connectivity index (χ1v) is 8.53. The van der Waals surface area contributed by atoms with Gasteiger partial charge in [-0.15, -0.1) is 0 Å². The summed E-state index contributed by atoms with van der Waals surface area (Å²) < 4.78 is 16.3. The zero-order chi connectivity index (χ0) is 16.1. The zero-order valence-electron chi connectivity index (χ0n) is 12.2. The molecule has 0 fully saturated rings. The summed E-state index contributed by atoms with van der Waals surface area (Å²) in [6.45, 7) is 3.38. The van der Waals surface area contributed by atoms with Crippen molar-refractivity contribution in [3.63, 3.8) is 0 Å². The molecule has 0 saturated carbocycles. The van der Waals surface area contributed by atoms with Crippen LogP contribution < -0.4 is 10.5 Å². The quantitative estimate of drug-likeness (QED) is 0.403. The smallest absolute Gasteiger partial charge is 0.327 e. The Bertz CT molecular complexity index is 511. The minimum Gasteiger partial charge on any atom is -0.427 e. The molecule has 0 aliphatic heterocycles. The summed E-state index contributed by atoms with van der Waals surface area (Å²) in [4.78, 5) is 30.1. The predicted molar refractivity (Wildman–Crippen MR) is 80.0 cm³/mol. The minimum atomic E-state index is -4.24. The van der Waals surface area contributed by atoms with Gasteiger partial charge in [-0.3, -0.25) is 9.36 Å². The maximum absolute atomic E-state index is 11.9. The fourth-order valence-electron chi connectivity index (χ4n) is 2.28. The van der Waals surface area contributed by atoms with Crippen molar-refractivity contribution in [3.05, 3.63) is 30.3 Å². The van der Waals surface area contributed by atoms with E-state index in [4.69, 9.17) is 20.3 Å². The number of nitrogens with two attached hydrogens (primary N) is 1. The van der Waals surface area contributed by atoms with Crippen molar-refractivity contribution in [1.29, 1.82) is 0 Å². The number of para-hydroxylation sites is 1. The van der Waals surface area contributed by atoms with Crippen molar-refractivity contribution in [1.82, 2.24) is 0 Å². The summed E-state index contributed by atoms with van der Waals surface area (Å²) in [5.41, 5.74) is 4.86. The molecule has 118 valence electrons. The number of hydrogen-bond acceptors (Lipinski definition) is 4. The van der Waals surface area contributed by atoms with Gasteiger partial charge < -0.3 is 20.3 Å². The van der Waals surface area contributed by atoms with E-state index in [1.807, 2.05) is 13.0 Å². The van der Waals surface area contributed by atoms with Gasteiger partial charge in [0.25, 0.3) is 0 Å². The standard InChI is InChI=1S/C14H22NO5P/c1-3-11(14(2,15)10-21(17,18)19)9-13(16)20-12-7-5-4-6-8-12/h4-8,11H,3,9-10,15H2,1-2H3,(H2,17,18,19). The highest BCUT2D eigenvalue weighted by molar-refractivity contribution is 7.51. The summed E-state index contributed by atoms with van der Waals surface area (Å²) >= 11 is 0. The highest BCUT2D eigenvalue weighted by Gasteiger charge is 2.36. The van der Waals surface area contributed by atoms with Crippen LogP contribution in [0.25, 0.3) is 0 Å². The van der Waals surface area contributed by atoms with E-state index in [1.165, 1.54) is 0 Å². The van der Waals surface area contributed by atoms with Gasteiger partial charge in [0, 0.05) is 5.54 Å². The Balaban J connectivity index is 2.69. The molecule has 0 radical (unpaired) electrons. The van der Waals surface area contributed by atoms with Gasteiger partial charge >= 0.3 is 13.6 Å². The monoisotopic (exact) mass is 315 g/mol. The van der Waals surface area contributed by atoms with Crippen LogP contribution in [0.3, 0.4) is 0 Å². The molecule has 0 spiro atoms. The Morgan fingerprint density at radius 2 is 1.95 bits per heavy atom. The number of rotatable bonds is 7. The van der Waals surface area contributed by atoms with Gasteiger partial charge in [0.05, 0.1) is 12.6 Å². The van der Waals surface area contributed by atoms with Crippen molar-refractivity contribution < 1.29 is 23.9 Å². The molecule has 7 heteroatoms. The Hall–Kier alpha value is -1.20. The second-order valence-corrected chi connectivity index (χ2v) is 7.07. The van der Waals surface area contributed by atoms with E-state index in [0.29, 0.717) is 12.2 Å². The lowest BCUT2D eigenvalue weighted by Crippen LogP contribution is -2.48. The Kier molecular flexibility index (Phi) is 6.10. The van der Waals surface area contributed by atoms with Crippen LogP contribution in [-0.4, -0.2) is 27.5 Å². The molecule has 6 nitrogen and oxygen atoms in total. The third kappa shape index (κ3) is 6.40. The summed E-state index contributed by atoms with van der Waals surface area (Å²) in [5, 5.41) is 0. The third-order valence-corrected chi connectivity index (χ3v) is 4.45. The average Bonchev–Trinajstić information content (AvgIpc) is 2.34. The average molecular weight is 315 g/mol. The predicted octanol–water partition coefficient (Wildman–Crippen LogP) is 1.90. The lowest BCUT2D eigenvalue weighted by molar-refractivity contribution is -0.136. The van der Waals surface area contributed by atoms with E-state index < -0.39 is 25.3 Å². The Labute approximate surface area is 124 Å². The molecule has 0 saturated heterocycles. The van der Waals surface area contributed by atoms with E-state index >= 15 is 0 Å². The fraction of sp³-hybridized carbons (Fsp3) is 0.500. The molecule has 0 heterocycles. The SMILES string of the molecule is CCC(CC(=O)Oc1ccccc1)C(C)(N)CP(=O)(O)O. The first-order valence-electron chi connectivity index (χ1n) is 6.73. The van der Waals surface area contributed by atoms with Gasteiger partial charge in [-0.2, -0.15) is 0 Å². The second-order valence-electron chi connectivity index (χ2n) is 5.43. The number of benzene rings is 1. The van der Waals surface area contributed by atoms with E-state index in [1.54, 1.807) is 31.2 Å². The third-order valence-electron chi connectivity index (χ3n) is 3.36. The summed E-state index contributed by atoms with van der Waals surface area (Å²) in [7, 11) is -4.24. The van der Waals surface area contributed by atoms with E-state index in [0.717, 1.165) is 0 Å². The summed E-state index contributed by atoms with van der Waals surface area (Å²) in [5.74, 6) is -0.400. The molecule has 1 aromatic rings. The highest BCUT2D eigenvalue weighted by atomic mass is 31.2. The van der Waals surface area contributed by atoms with Crippen LogP contribution >= 0.6 is 7.60 Å². The van der Waals surface area contributed by atoms with Crippen LogP contribution in [0.2, 0.25) is 0 Å². The van der Waals surface area contributed by atoms with Crippen LogP contribution in [0.15, 0.2) is 30.3 Å². The van der Waals surface area contributed by atoms with Crippen molar-refractivity contribution in [2.75, 3.05) is 6.16 Å². The molecule has 0 bridgehead atoms. The molecule has 0 aliphatic rings. The van der Waals surface area contributed by atoms with E-state index in [2.05, 4.69) is 0 Å². The van der Waals surface area contributed by atoms with Gasteiger partial charge in [-0.05, 0) is 25.0 Å². The molecule has 0 aliphatic carbocycles. The van der Waals surface area contributed by atoms with Crippen molar-refractivity contribution in [2.45, 2.75) is 32.2 Å². The number of carbonyl (C=O) groups excluding carboxylic acids is 1. The summed E-state index contributed by atoms with van der Waals surface area (Å²) in [6, 6.07) is 8.64. The minimum absolute atomic E-state index is 0.0123.